The SMILES string of the molecule is CN1c2ccncc2OC(C2CCNCC2)c2cccn21. The van der Waals surface area contributed by atoms with Gasteiger partial charge in [0.1, 0.15) is 11.8 Å². The number of hydrogen-bond acceptors (Lipinski definition) is 4. The average molecular weight is 284 g/mol. The number of hydrogen-bond donors (Lipinski definition) is 1. The maximum atomic E-state index is 6.40. The van der Waals surface area contributed by atoms with Crippen LogP contribution in [0.15, 0.2) is 36.8 Å². The predicted octanol–water partition coefficient (Wildman–Crippen LogP) is 2.22. The maximum Gasteiger partial charge on any atom is 0.163 e. The molecule has 2 aliphatic rings. The van der Waals surface area contributed by atoms with Gasteiger partial charge < -0.3 is 10.1 Å². The minimum absolute atomic E-state index is 0.0926. The molecule has 0 radical (unpaired) electrons. The lowest BCUT2D eigenvalue weighted by atomic mass is 9.90. The van der Waals surface area contributed by atoms with E-state index in [2.05, 4.69) is 45.4 Å². The highest BCUT2D eigenvalue weighted by Crippen LogP contribution is 2.40. The molecule has 1 saturated heterocycles. The molecule has 1 fully saturated rings. The summed E-state index contributed by atoms with van der Waals surface area (Å²) in [6, 6.07) is 6.27. The molecular weight excluding hydrogens is 264 g/mol. The number of nitrogens with one attached hydrogen (secondary N) is 1. The number of ether oxygens (including phenoxy) is 1. The molecule has 1 atom stereocenters. The molecule has 0 aromatic carbocycles. The second-order valence-corrected chi connectivity index (χ2v) is 5.77. The first-order valence-electron chi connectivity index (χ1n) is 7.57. The third kappa shape index (κ3) is 2.08. The highest BCUT2D eigenvalue weighted by atomic mass is 16.5. The van der Waals surface area contributed by atoms with E-state index in [0.717, 1.165) is 37.4 Å². The third-order valence-corrected chi connectivity index (χ3v) is 4.55. The van der Waals surface area contributed by atoms with E-state index >= 15 is 0 Å². The third-order valence-electron chi connectivity index (χ3n) is 4.55. The van der Waals surface area contributed by atoms with Crippen molar-refractivity contribution in [3.63, 3.8) is 0 Å². The van der Waals surface area contributed by atoms with Gasteiger partial charge in [-0.25, -0.2) is 0 Å². The molecule has 2 aromatic rings. The molecule has 0 saturated carbocycles. The quantitative estimate of drug-likeness (QED) is 0.872. The molecule has 1 unspecified atom stereocenters. The molecule has 0 bridgehead atoms. The molecule has 1 N–H and O–H groups in total. The van der Waals surface area contributed by atoms with Crippen LogP contribution < -0.4 is 15.1 Å². The smallest absolute Gasteiger partial charge is 0.163 e. The normalized spacial score (nSPS) is 22.1. The molecule has 2 aromatic heterocycles. The second kappa shape index (κ2) is 5.07. The summed E-state index contributed by atoms with van der Waals surface area (Å²) in [6.45, 7) is 2.14. The molecule has 0 aliphatic carbocycles. The van der Waals surface area contributed by atoms with E-state index in [1.165, 1.54) is 5.69 Å². The summed E-state index contributed by atoms with van der Waals surface area (Å²) in [6.07, 6.45) is 8.13. The zero-order valence-electron chi connectivity index (χ0n) is 12.2. The van der Waals surface area contributed by atoms with Crippen molar-refractivity contribution in [3.8, 4) is 5.75 Å². The van der Waals surface area contributed by atoms with Crippen molar-refractivity contribution >= 4 is 5.69 Å². The summed E-state index contributed by atoms with van der Waals surface area (Å²) in [5.41, 5.74) is 2.28. The highest BCUT2D eigenvalue weighted by Gasteiger charge is 2.33. The van der Waals surface area contributed by atoms with Gasteiger partial charge in [0, 0.05) is 25.4 Å². The summed E-state index contributed by atoms with van der Waals surface area (Å²) in [7, 11) is 2.07. The summed E-state index contributed by atoms with van der Waals surface area (Å²) in [4.78, 5) is 4.23. The van der Waals surface area contributed by atoms with Gasteiger partial charge in [-0.3, -0.25) is 14.7 Å². The highest BCUT2D eigenvalue weighted by molar-refractivity contribution is 5.57. The van der Waals surface area contributed by atoms with Crippen molar-refractivity contribution in [3.05, 3.63) is 42.5 Å². The van der Waals surface area contributed by atoms with Crippen molar-refractivity contribution in [1.29, 1.82) is 0 Å². The van der Waals surface area contributed by atoms with Crippen LogP contribution in [0.1, 0.15) is 24.6 Å². The number of fused-ring (bicyclic) bond motifs is 2. The van der Waals surface area contributed by atoms with Gasteiger partial charge in [-0.2, -0.15) is 0 Å². The van der Waals surface area contributed by atoms with E-state index in [1.54, 1.807) is 0 Å². The lowest BCUT2D eigenvalue weighted by Crippen LogP contribution is -2.34. The first-order valence-corrected chi connectivity index (χ1v) is 7.57. The number of aromatic nitrogens is 2. The Morgan fingerprint density at radius 2 is 2.14 bits per heavy atom. The summed E-state index contributed by atoms with van der Waals surface area (Å²) >= 11 is 0. The summed E-state index contributed by atoms with van der Waals surface area (Å²) in [5.74, 6) is 1.41. The van der Waals surface area contributed by atoms with E-state index in [9.17, 15) is 0 Å². The van der Waals surface area contributed by atoms with Crippen LogP contribution in [0.4, 0.5) is 5.69 Å². The largest absolute Gasteiger partial charge is 0.480 e. The van der Waals surface area contributed by atoms with Gasteiger partial charge >= 0.3 is 0 Å². The van der Waals surface area contributed by atoms with Crippen LogP contribution in [0.5, 0.6) is 5.75 Å². The van der Waals surface area contributed by atoms with Gasteiger partial charge in [0.25, 0.3) is 0 Å². The molecular formula is C16H20N4O. The van der Waals surface area contributed by atoms with Gasteiger partial charge in [0.15, 0.2) is 5.75 Å². The fraction of sp³-hybridized carbons (Fsp3) is 0.438. The van der Waals surface area contributed by atoms with Crippen LogP contribution >= 0.6 is 0 Å². The van der Waals surface area contributed by atoms with Crippen molar-refractivity contribution in [2.45, 2.75) is 18.9 Å². The van der Waals surface area contributed by atoms with Crippen molar-refractivity contribution in [2.75, 3.05) is 25.1 Å². The van der Waals surface area contributed by atoms with E-state index in [1.807, 2.05) is 18.5 Å². The fourth-order valence-electron chi connectivity index (χ4n) is 3.41. The molecule has 2 aliphatic heterocycles. The molecule has 21 heavy (non-hydrogen) atoms. The van der Waals surface area contributed by atoms with Gasteiger partial charge in [-0.15, -0.1) is 0 Å². The van der Waals surface area contributed by atoms with E-state index < -0.39 is 0 Å². The molecule has 0 spiro atoms. The van der Waals surface area contributed by atoms with E-state index in [4.69, 9.17) is 4.74 Å². The van der Waals surface area contributed by atoms with Gasteiger partial charge in [-0.1, -0.05) is 0 Å². The summed E-state index contributed by atoms with van der Waals surface area (Å²) < 4.78 is 8.59. The van der Waals surface area contributed by atoms with Crippen molar-refractivity contribution < 1.29 is 4.74 Å². The Bertz CT molecular complexity index is 633. The van der Waals surface area contributed by atoms with Crippen molar-refractivity contribution in [2.24, 2.45) is 5.92 Å². The van der Waals surface area contributed by atoms with Crippen molar-refractivity contribution in [1.82, 2.24) is 15.0 Å². The first-order chi connectivity index (χ1) is 10.3. The topological polar surface area (TPSA) is 42.3 Å². The average Bonchev–Trinajstić information content (AvgIpc) is 2.98. The summed E-state index contributed by atoms with van der Waals surface area (Å²) in [5, 5.41) is 5.56. The number of anilines is 1. The van der Waals surface area contributed by atoms with E-state index in [0.29, 0.717) is 5.92 Å². The van der Waals surface area contributed by atoms with E-state index in [-0.39, 0.29) is 6.10 Å². The minimum Gasteiger partial charge on any atom is -0.480 e. The molecule has 4 heterocycles. The predicted molar refractivity (Wildman–Crippen MR) is 81.4 cm³/mol. The molecule has 5 heteroatoms. The van der Waals surface area contributed by atoms with Crippen LogP contribution in [0.2, 0.25) is 0 Å². The van der Waals surface area contributed by atoms with Gasteiger partial charge in [-0.05, 0) is 44.1 Å². The van der Waals surface area contributed by atoms with Crippen LogP contribution in [0.3, 0.4) is 0 Å². The number of nitrogens with zero attached hydrogens (tertiary/aromatic N) is 3. The monoisotopic (exact) mass is 284 g/mol. The Balaban J connectivity index is 1.79. The standard InChI is InChI=1S/C16H20N4O/c1-19-13-6-9-18-11-15(13)21-16(12-4-7-17-8-5-12)14-3-2-10-20(14)19/h2-3,6,9-12,16-17H,4-5,7-8H2,1H3. The molecule has 5 nitrogen and oxygen atoms in total. The van der Waals surface area contributed by atoms with Crippen LogP contribution in [0, 0.1) is 5.92 Å². The fourth-order valence-corrected chi connectivity index (χ4v) is 3.41. The Hall–Kier alpha value is -2.01. The van der Waals surface area contributed by atoms with Gasteiger partial charge in [0.2, 0.25) is 0 Å². The molecule has 110 valence electrons. The Morgan fingerprint density at radius 3 is 3.00 bits per heavy atom. The Kier molecular flexibility index (Phi) is 3.07. The number of piperidine rings is 1. The Morgan fingerprint density at radius 1 is 1.29 bits per heavy atom. The first kappa shape index (κ1) is 12.7. The van der Waals surface area contributed by atoms with Gasteiger partial charge in [0.05, 0.1) is 11.9 Å². The zero-order chi connectivity index (χ0) is 14.2. The number of pyridine rings is 1. The molecule has 4 rings (SSSR count). The van der Waals surface area contributed by atoms with Crippen LogP contribution in [0.25, 0.3) is 0 Å². The minimum atomic E-state index is 0.0926. The van der Waals surface area contributed by atoms with Crippen LogP contribution in [-0.2, 0) is 0 Å². The zero-order valence-corrected chi connectivity index (χ0v) is 12.2. The molecule has 0 amide bonds. The lowest BCUT2D eigenvalue weighted by Gasteiger charge is -2.30. The Labute approximate surface area is 124 Å². The second-order valence-electron chi connectivity index (χ2n) is 5.77. The maximum absolute atomic E-state index is 6.40. The lowest BCUT2D eigenvalue weighted by molar-refractivity contribution is 0.110. The van der Waals surface area contributed by atoms with Crippen LogP contribution in [-0.4, -0.2) is 29.8 Å². The number of rotatable bonds is 1.